The number of fused-ring (bicyclic) bond motifs is 1. The van der Waals surface area contributed by atoms with Gasteiger partial charge in [0.2, 0.25) is 5.82 Å². The summed E-state index contributed by atoms with van der Waals surface area (Å²) in [5.74, 6) is 0.993. The van der Waals surface area contributed by atoms with E-state index in [9.17, 15) is 0 Å². The van der Waals surface area contributed by atoms with Gasteiger partial charge in [-0.3, -0.25) is 0 Å². The van der Waals surface area contributed by atoms with E-state index in [2.05, 4.69) is 15.0 Å². The first-order valence-electron chi connectivity index (χ1n) is 5.85. The Labute approximate surface area is 114 Å². The van der Waals surface area contributed by atoms with Gasteiger partial charge in [0.1, 0.15) is 23.2 Å². The molecule has 0 unspecified atom stereocenters. The molecule has 0 spiro atoms. The molecule has 7 heteroatoms. The fraction of sp³-hybridized carbons (Fsp3) is 0.0769. The summed E-state index contributed by atoms with van der Waals surface area (Å²) >= 11 is 0. The molecule has 3 rings (SSSR count). The predicted octanol–water partition coefficient (Wildman–Crippen LogP) is 1.07. The van der Waals surface area contributed by atoms with Crippen LogP contribution >= 0.6 is 0 Å². The second-order valence-electron chi connectivity index (χ2n) is 4.35. The summed E-state index contributed by atoms with van der Waals surface area (Å²) in [6, 6.07) is 9.05. The molecule has 0 atom stereocenters. The SMILES string of the molecule is Cn1c(C#N)nc2ccc(-c3cc(N)nc(N)c3)nc21. The zero-order chi connectivity index (χ0) is 14.3. The number of hydrogen-bond acceptors (Lipinski definition) is 6. The lowest BCUT2D eigenvalue weighted by atomic mass is 10.1. The van der Waals surface area contributed by atoms with Gasteiger partial charge < -0.3 is 16.0 Å². The number of imidazole rings is 1. The third-order valence-electron chi connectivity index (χ3n) is 2.98. The van der Waals surface area contributed by atoms with E-state index in [0.29, 0.717) is 34.3 Å². The molecular weight excluding hydrogens is 254 g/mol. The summed E-state index contributed by atoms with van der Waals surface area (Å²) in [6.45, 7) is 0. The van der Waals surface area contributed by atoms with Gasteiger partial charge in [0.15, 0.2) is 5.65 Å². The van der Waals surface area contributed by atoms with Crippen LogP contribution in [-0.4, -0.2) is 19.5 Å². The molecule has 0 saturated heterocycles. The molecule has 3 heterocycles. The molecule has 98 valence electrons. The molecule has 0 aliphatic carbocycles. The van der Waals surface area contributed by atoms with Gasteiger partial charge in [-0.2, -0.15) is 5.26 Å². The Balaban J connectivity index is 2.22. The molecule has 0 amide bonds. The molecule has 0 aliphatic rings. The summed E-state index contributed by atoms with van der Waals surface area (Å²) in [7, 11) is 1.75. The maximum atomic E-state index is 8.98. The molecule has 0 aliphatic heterocycles. The van der Waals surface area contributed by atoms with Crippen LogP contribution in [0.25, 0.3) is 22.4 Å². The van der Waals surface area contributed by atoms with Crippen molar-refractivity contribution in [2.24, 2.45) is 7.05 Å². The number of aromatic nitrogens is 4. The van der Waals surface area contributed by atoms with Gasteiger partial charge in [0, 0.05) is 12.6 Å². The number of hydrogen-bond donors (Lipinski definition) is 2. The Bertz CT molecular complexity index is 837. The predicted molar refractivity (Wildman–Crippen MR) is 75.3 cm³/mol. The Morgan fingerprint density at radius 3 is 2.45 bits per heavy atom. The number of nitriles is 1. The zero-order valence-electron chi connectivity index (χ0n) is 10.7. The van der Waals surface area contributed by atoms with E-state index >= 15 is 0 Å². The fourth-order valence-corrected chi connectivity index (χ4v) is 2.05. The summed E-state index contributed by atoms with van der Waals surface area (Å²) in [4.78, 5) is 12.6. The zero-order valence-corrected chi connectivity index (χ0v) is 10.7. The average Bonchev–Trinajstić information content (AvgIpc) is 2.74. The van der Waals surface area contributed by atoms with Gasteiger partial charge in [-0.05, 0) is 24.3 Å². The monoisotopic (exact) mass is 265 g/mol. The van der Waals surface area contributed by atoms with Crippen molar-refractivity contribution in [2.45, 2.75) is 0 Å². The van der Waals surface area contributed by atoms with Crippen LogP contribution < -0.4 is 11.5 Å². The first kappa shape index (κ1) is 11.9. The van der Waals surface area contributed by atoms with Crippen molar-refractivity contribution in [2.75, 3.05) is 11.5 Å². The number of rotatable bonds is 1. The van der Waals surface area contributed by atoms with Gasteiger partial charge in [-0.15, -0.1) is 0 Å². The van der Waals surface area contributed by atoms with E-state index in [4.69, 9.17) is 16.7 Å². The molecular formula is C13H11N7. The third kappa shape index (κ3) is 1.80. The molecule has 0 radical (unpaired) electrons. The van der Waals surface area contributed by atoms with Crippen LogP contribution in [0, 0.1) is 11.3 Å². The average molecular weight is 265 g/mol. The highest BCUT2D eigenvalue weighted by molar-refractivity contribution is 5.77. The van der Waals surface area contributed by atoms with Crippen molar-refractivity contribution in [1.82, 2.24) is 19.5 Å². The molecule has 3 aromatic heterocycles. The van der Waals surface area contributed by atoms with E-state index in [1.54, 1.807) is 23.7 Å². The van der Waals surface area contributed by atoms with Gasteiger partial charge in [0.05, 0.1) is 5.69 Å². The second-order valence-corrected chi connectivity index (χ2v) is 4.35. The molecule has 0 fully saturated rings. The molecule has 0 bridgehead atoms. The molecule has 4 N–H and O–H groups in total. The van der Waals surface area contributed by atoms with Crippen LogP contribution in [0.2, 0.25) is 0 Å². The standard InChI is InChI=1S/C13H11N7/c1-20-12(6-14)17-9-3-2-8(18-13(9)20)7-4-10(15)19-11(16)5-7/h2-5H,1H3,(H4,15,16,19). The van der Waals surface area contributed by atoms with Crippen LogP contribution in [0.1, 0.15) is 5.82 Å². The maximum absolute atomic E-state index is 8.98. The van der Waals surface area contributed by atoms with Crippen LogP contribution in [0.4, 0.5) is 11.6 Å². The number of anilines is 2. The van der Waals surface area contributed by atoms with Gasteiger partial charge in [-0.25, -0.2) is 15.0 Å². The van der Waals surface area contributed by atoms with Crippen LogP contribution in [0.15, 0.2) is 24.3 Å². The van der Waals surface area contributed by atoms with Crippen molar-refractivity contribution in [3.05, 3.63) is 30.1 Å². The molecule has 0 aromatic carbocycles. The minimum absolute atomic E-state index is 0.318. The number of nitrogens with zero attached hydrogens (tertiary/aromatic N) is 5. The molecule has 7 nitrogen and oxygen atoms in total. The van der Waals surface area contributed by atoms with E-state index in [1.807, 2.05) is 18.2 Å². The summed E-state index contributed by atoms with van der Waals surface area (Å²) in [5, 5.41) is 8.98. The van der Waals surface area contributed by atoms with Crippen molar-refractivity contribution in [3.63, 3.8) is 0 Å². The summed E-state index contributed by atoms with van der Waals surface area (Å²) in [5.41, 5.74) is 14.1. The Hall–Kier alpha value is -3.14. The van der Waals surface area contributed by atoms with Crippen molar-refractivity contribution in [3.8, 4) is 17.3 Å². The fourth-order valence-electron chi connectivity index (χ4n) is 2.05. The van der Waals surface area contributed by atoms with Gasteiger partial charge in [0.25, 0.3) is 0 Å². The first-order valence-corrected chi connectivity index (χ1v) is 5.85. The van der Waals surface area contributed by atoms with E-state index < -0.39 is 0 Å². The van der Waals surface area contributed by atoms with Gasteiger partial charge in [-0.1, -0.05) is 0 Å². The van der Waals surface area contributed by atoms with E-state index in [1.165, 1.54) is 0 Å². The normalized spacial score (nSPS) is 10.6. The van der Waals surface area contributed by atoms with Crippen LogP contribution in [0.5, 0.6) is 0 Å². The number of pyridine rings is 2. The third-order valence-corrected chi connectivity index (χ3v) is 2.98. The smallest absolute Gasteiger partial charge is 0.214 e. The second kappa shape index (κ2) is 4.20. The largest absolute Gasteiger partial charge is 0.384 e. The summed E-state index contributed by atoms with van der Waals surface area (Å²) < 4.78 is 1.65. The summed E-state index contributed by atoms with van der Waals surface area (Å²) in [6.07, 6.45) is 0. The Morgan fingerprint density at radius 2 is 1.80 bits per heavy atom. The minimum atomic E-state index is 0.318. The van der Waals surface area contributed by atoms with E-state index in [0.717, 1.165) is 5.56 Å². The van der Waals surface area contributed by atoms with Crippen molar-refractivity contribution in [1.29, 1.82) is 5.26 Å². The van der Waals surface area contributed by atoms with Crippen LogP contribution in [0.3, 0.4) is 0 Å². The quantitative estimate of drug-likeness (QED) is 0.679. The molecule has 20 heavy (non-hydrogen) atoms. The number of nitrogens with two attached hydrogens (primary N) is 2. The minimum Gasteiger partial charge on any atom is -0.384 e. The molecule has 0 saturated carbocycles. The van der Waals surface area contributed by atoms with Crippen molar-refractivity contribution < 1.29 is 0 Å². The topological polar surface area (TPSA) is 119 Å². The lowest BCUT2D eigenvalue weighted by Gasteiger charge is -2.04. The maximum Gasteiger partial charge on any atom is 0.214 e. The van der Waals surface area contributed by atoms with Crippen LogP contribution in [-0.2, 0) is 7.05 Å². The number of aryl methyl sites for hydroxylation is 1. The highest BCUT2D eigenvalue weighted by atomic mass is 15.1. The lowest BCUT2D eigenvalue weighted by molar-refractivity contribution is 0.907. The highest BCUT2D eigenvalue weighted by Gasteiger charge is 2.10. The number of nitrogen functional groups attached to an aromatic ring is 2. The highest BCUT2D eigenvalue weighted by Crippen LogP contribution is 2.23. The van der Waals surface area contributed by atoms with Crippen molar-refractivity contribution >= 4 is 22.8 Å². The lowest BCUT2D eigenvalue weighted by Crippen LogP contribution is -1.98. The Morgan fingerprint density at radius 1 is 1.10 bits per heavy atom. The van der Waals surface area contributed by atoms with E-state index in [-0.39, 0.29) is 0 Å². The van der Waals surface area contributed by atoms with Gasteiger partial charge >= 0.3 is 0 Å². The first-order chi connectivity index (χ1) is 9.58. The Kier molecular flexibility index (Phi) is 2.51. The molecule has 3 aromatic rings.